The van der Waals surface area contributed by atoms with Crippen molar-refractivity contribution in [3.05, 3.63) is 28.2 Å². The molecule has 0 aliphatic carbocycles. The van der Waals surface area contributed by atoms with E-state index in [9.17, 15) is 5.11 Å². The quantitative estimate of drug-likeness (QED) is 0.897. The maximum absolute atomic E-state index is 9.28. The fourth-order valence-corrected chi connectivity index (χ4v) is 4.05. The normalized spacial score (nSPS) is 27.4. The number of halogens is 1. The first kappa shape index (κ1) is 14.4. The molecule has 2 fully saturated rings. The largest absolute Gasteiger partial charge is 0.392 e. The summed E-state index contributed by atoms with van der Waals surface area (Å²) in [7, 11) is 0. The zero-order chi connectivity index (χ0) is 14.1. The average Bonchev–Trinajstić information content (AvgIpc) is 2.46. The van der Waals surface area contributed by atoms with Crippen LogP contribution in [0.5, 0.6) is 0 Å². The van der Waals surface area contributed by atoms with Gasteiger partial charge in [0.05, 0.1) is 6.61 Å². The van der Waals surface area contributed by atoms with E-state index in [1.54, 1.807) is 0 Å². The second-order valence-corrected chi connectivity index (χ2v) is 6.93. The van der Waals surface area contributed by atoms with Crippen LogP contribution in [0.4, 0.5) is 5.69 Å². The van der Waals surface area contributed by atoms with Crippen molar-refractivity contribution in [3.8, 4) is 0 Å². The summed E-state index contributed by atoms with van der Waals surface area (Å²) >= 11 is 3.57. The summed E-state index contributed by atoms with van der Waals surface area (Å²) in [4.78, 5) is 5.19. The van der Waals surface area contributed by atoms with Crippen molar-refractivity contribution in [3.63, 3.8) is 0 Å². The van der Waals surface area contributed by atoms with Crippen LogP contribution < -0.4 is 4.90 Å². The van der Waals surface area contributed by atoms with Gasteiger partial charge in [0.2, 0.25) is 0 Å². The zero-order valence-electron chi connectivity index (χ0n) is 12.1. The summed E-state index contributed by atoms with van der Waals surface area (Å²) < 4.78 is 1.01. The van der Waals surface area contributed by atoms with E-state index in [-0.39, 0.29) is 6.61 Å². The van der Waals surface area contributed by atoms with Gasteiger partial charge in [0.25, 0.3) is 0 Å². The third kappa shape index (κ3) is 2.74. The SMILES string of the molecule is CC1CN2CCCCC2CN1c1ccc(CO)c(Br)c1. The Morgan fingerprint density at radius 3 is 2.90 bits per heavy atom. The van der Waals surface area contributed by atoms with Crippen molar-refractivity contribution in [1.82, 2.24) is 4.90 Å². The lowest BCUT2D eigenvalue weighted by atomic mass is 9.96. The van der Waals surface area contributed by atoms with Crippen molar-refractivity contribution >= 4 is 21.6 Å². The molecule has 0 aromatic heterocycles. The molecule has 0 spiro atoms. The predicted octanol–water partition coefficient (Wildman–Crippen LogP) is 3.00. The Balaban J connectivity index is 1.80. The molecule has 2 atom stereocenters. The highest BCUT2D eigenvalue weighted by molar-refractivity contribution is 9.10. The number of aliphatic hydroxyl groups excluding tert-OH is 1. The lowest BCUT2D eigenvalue weighted by Gasteiger charge is -2.48. The number of rotatable bonds is 2. The number of hydrogen-bond donors (Lipinski definition) is 1. The molecule has 4 heteroatoms. The van der Waals surface area contributed by atoms with Gasteiger partial charge in [0.1, 0.15) is 0 Å². The molecule has 1 aromatic carbocycles. The first-order chi connectivity index (χ1) is 9.69. The molecule has 2 saturated heterocycles. The fraction of sp³-hybridized carbons (Fsp3) is 0.625. The molecule has 0 amide bonds. The number of piperidine rings is 1. The third-order valence-corrected chi connectivity index (χ3v) is 5.46. The van der Waals surface area contributed by atoms with Crippen LogP contribution in [0.25, 0.3) is 0 Å². The lowest BCUT2D eigenvalue weighted by molar-refractivity contribution is 0.115. The highest BCUT2D eigenvalue weighted by Gasteiger charge is 2.33. The maximum Gasteiger partial charge on any atom is 0.0692 e. The summed E-state index contributed by atoms with van der Waals surface area (Å²) in [5.74, 6) is 0. The van der Waals surface area contributed by atoms with Crippen LogP contribution in [0.3, 0.4) is 0 Å². The third-order valence-electron chi connectivity index (χ3n) is 4.73. The highest BCUT2D eigenvalue weighted by atomic mass is 79.9. The smallest absolute Gasteiger partial charge is 0.0692 e. The van der Waals surface area contributed by atoms with Crippen LogP contribution in [0.2, 0.25) is 0 Å². The van der Waals surface area contributed by atoms with Crippen LogP contribution in [-0.4, -0.2) is 41.7 Å². The molecule has 1 N–H and O–H groups in total. The van der Waals surface area contributed by atoms with Crippen LogP contribution >= 0.6 is 15.9 Å². The first-order valence-corrected chi connectivity index (χ1v) is 8.38. The number of piperazine rings is 1. The first-order valence-electron chi connectivity index (χ1n) is 7.59. The van der Waals surface area contributed by atoms with E-state index in [0.717, 1.165) is 22.6 Å². The van der Waals surface area contributed by atoms with E-state index >= 15 is 0 Å². The lowest BCUT2D eigenvalue weighted by Crippen LogP contribution is -2.58. The van der Waals surface area contributed by atoms with Gasteiger partial charge in [0, 0.05) is 35.3 Å². The van der Waals surface area contributed by atoms with E-state index in [1.807, 2.05) is 6.07 Å². The molecule has 1 aromatic rings. The Kier molecular flexibility index (Phi) is 4.34. The van der Waals surface area contributed by atoms with Crippen LogP contribution in [-0.2, 0) is 6.61 Å². The van der Waals surface area contributed by atoms with Crippen molar-refractivity contribution in [2.75, 3.05) is 24.5 Å². The molecule has 2 unspecified atom stereocenters. The van der Waals surface area contributed by atoms with Gasteiger partial charge in [0.15, 0.2) is 0 Å². The minimum atomic E-state index is 0.0901. The van der Waals surface area contributed by atoms with Crippen molar-refractivity contribution in [2.24, 2.45) is 0 Å². The molecule has 0 radical (unpaired) electrons. The summed E-state index contributed by atoms with van der Waals surface area (Å²) in [6, 6.07) is 7.60. The molecule has 0 bridgehead atoms. The van der Waals surface area contributed by atoms with E-state index in [2.05, 4.69) is 44.8 Å². The van der Waals surface area contributed by atoms with Gasteiger partial charge in [-0.15, -0.1) is 0 Å². The Morgan fingerprint density at radius 2 is 2.15 bits per heavy atom. The highest BCUT2D eigenvalue weighted by Crippen LogP contribution is 2.30. The number of hydrogen-bond acceptors (Lipinski definition) is 3. The van der Waals surface area contributed by atoms with Gasteiger partial charge in [-0.05, 0) is 44.0 Å². The van der Waals surface area contributed by atoms with Gasteiger partial charge < -0.3 is 10.0 Å². The molecular weight excluding hydrogens is 316 g/mol. The summed E-state index contributed by atoms with van der Waals surface area (Å²) in [6.07, 6.45) is 4.07. The van der Waals surface area contributed by atoms with Crippen LogP contribution in [0, 0.1) is 0 Å². The number of anilines is 1. The van der Waals surface area contributed by atoms with Gasteiger partial charge in [-0.3, -0.25) is 4.90 Å². The summed E-state index contributed by atoms with van der Waals surface area (Å²) in [5.41, 5.74) is 2.23. The maximum atomic E-state index is 9.28. The van der Waals surface area contributed by atoms with Crippen LogP contribution in [0.15, 0.2) is 22.7 Å². The second-order valence-electron chi connectivity index (χ2n) is 6.08. The monoisotopic (exact) mass is 338 g/mol. The minimum absolute atomic E-state index is 0.0901. The van der Waals surface area contributed by atoms with Crippen molar-refractivity contribution in [1.29, 1.82) is 0 Å². The molecule has 3 nitrogen and oxygen atoms in total. The zero-order valence-corrected chi connectivity index (χ0v) is 13.6. The van der Waals surface area contributed by atoms with E-state index in [0.29, 0.717) is 6.04 Å². The fourth-order valence-electron chi connectivity index (χ4n) is 3.56. The topological polar surface area (TPSA) is 26.7 Å². The molecule has 0 saturated carbocycles. The predicted molar refractivity (Wildman–Crippen MR) is 86.1 cm³/mol. The van der Waals surface area contributed by atoms with Gasteiger partial charge in [-0.25, -0.2) is 0 Å². The van der Waals surface area contributed by atoms with Crippen LogP contribution in [0.1, 0.15) is 31.7 Å². The van der Waals surface area contributed by atoms with Crippen molar-refractivity contribution in [2.45, 2.75) is 44.9 Å². The molecule has 110 valence electrons. The molecule has 2 heterocycles. The summed E-state index contributed by atoms with van der Waals surface area (Å²) in [6.45, 7) is 5.98. The number of benzene rings is 1. The molecule has 2 aliphatic heterocycles. The molecule has 20 heavy (non-hydrogen) atoms. The Morgan fingerprint density at radius 1 is 1.30 bits per heavy atom. The number of aliphatic hydroxyl groups is 1. The number of nitrogens with zero attached hydrogens (tertiary/aromatic N) is 2. The molecular formula is C16H23BrN2O. The van der Waals surface area contributed by atoms with E-state index in [1.165, 1.54) is 38.0 Å². The Labute approximate surface area is 129 Å². The van der Waals surface area contributed by atoms with Crippen molar-refractivity contribution < 1.29 is 5.11 Å². The van der Waals surface area contributed by atoms with Gasteiger partial charge in [-0.2, -0.15) is 0 Å². The second kappa shape index (κ2) is 6.04. The molecule has 2 aliphatic rings. The molecule has 3 rings (SSSR count). The average molecular weight is 339 g/mol. The van der Waals surface area contributed by atoms with Gasteiger partial charge >= 0.3 is 0 Å². The number of fused-ring (bicyclic) bond motifs is 1. The minimum Gasteiger partial charge on any atom is -0.392 e. The standard InChI is InChI=1S/C16H23BrN2O/c1-12-9-18-7-3-2-4-15(18)10-19(12)14-6-5-13(11-20)16(17)8-14/h5-6,8,12,15,20H,2-4,7,9-11H2,1H3. The van der Waals surface area contributed by atoms with E-state index < -0.39 is 0 Å². The van der Waals surface area contributed by atoms with Gasteiger partial charge in [-0.1, -0.05) is 28.4 Å². The Hall–Kier alpha value is -0.580. The van der Waals surface area contributed by atoms with E-state index in [4.69, 9.17) is 0 Å². The summed E-state index contributed by atoms with van der Waals surface area (Å²) in [5, 5.41) is 9.28. The Bertz CT molecular complexity index is 480.